The van der Waals surface area contributed by atoms with Gasteiger partial charge in [0.05, 0.1) is 0 Å². The summed E-state index contributed by atoms with van der Waals surface area (Å²) in [4.78, 5) is 0. The summed E-state index contributed by atoms with van der Waals surface area (Å²) in [6, 6.07) is 0.274. The molecule has 4 saturated carbocycles. The highest BCUT2D eigenvalue weighted by molar-refractivity contribution is 5.07. The second-order valence-electron chi connectivity index (χ2n) is 6.29. The van der Waals surface area contributed by atoms with Crippen LogP contribution in [0.1, 0.15) is 44.9 Å². The molecule has 2 N–H and O–H groups in total. The van der Waals surface area contributed by atoms with E-state index in [0.29, 0.717) is 5.41 Å². The van der Waals surface area contributed by atoms with E-state index >= 15 is 0 Å². The van der Waals surface area contributed by atoms with Crippen LogP contribution in [0.5, 0.6) is 0 Å². The van der Waals surface area contributed by atoms with Crippen molar-refractivity contribution in [3.05, 3.63) is 0 Å². The minimum Gasteiger partial charge on any atom is -0.326 e. The van der Waals surface area contributed by atoms with Crippen LogP contribution in [-0.4, -0.2) is 6.04 Å². The molecule has 4 aliphatic carbocycles. The van der Waals surface area contributed by atoms with Crippen molar-refractivity contribution in [2.75, 3.05) is 0 Å². The van der Waals surface area contributed by atoms with Crippen LogP contribution in [0, 0.1) is 35.5 Å². The molecule has 0 spiro atoms. The molecule has 82 valence electrons. The zero-order valence-electron chi connectivity index (χ0n) is 9.41. The van der Waals surface area contributed by atoms with Gasteiger partial charge in [-0.2, -0.15) is 0 Å². The zero-order chi connectivity index (χ0) is 10.5. The fourth-order valence-corrected chi connectivity index (χ4v) is 4.98. The predicted octanol–water partition coefficient (Wildman–Crippen LogP) is 2.55. The van der Waals surface area contributed by atoms with E-state index in [-0.39, 0.29) is 6.04 Å². The van der Waals surface area contributed by atoms with Crippen LogP contribution in [0.15, 0.2) is 0 Å². The molecule has 4 fully saturated rings. The normalized spacial score (nSPS) is 48.9. The lowest BCUT2D eigenvalue weighted by Crippen LogP contribution is -2.54. The van der Waals surface area contributed by atoms with Gasteiger partial charge in [-0.3, -0.25) is 0 Å². The van der Waals surface area contributed by atoms with Crippen molar-refractivity contribution in [2.45, 2.75) is 51.0 Å². The number of rotatable bonds is 2. The largest absolute Gasteiger partial charge is 0.326 e. The quantitative estimate of drug-likeness (QED) is 0.686. The molecule has 1 heteroatoms. The minimum atomic E-state index is 0.274. The van der Waals surface area contributed by atoms with Gasteiger partial charge < -0.3 is 5.73 Å². The first-order chi connectivity index (χ1) is 7.22. The standard InChI is InChI=1S/C14H21N/c1-2-3-13(15)14-7-10-4-11(8-14)6-12(5-10)9-14/h1,10-13H,3-9,15H2. The van der Waals surface area contributed by atoms with Crippen molar-refractivity contribution in [1.82, 2.24) is 0 Å². The van der Waals surface area contributed by atoms with E-state index in [9.17, 15) is 0 Å². The van der Waals surface area contributed by atoms with Crippen molar-refractivity contribution < 1.29 is 0 Å². The van der Waals surface area contributed by atoms with E-state index in [1.165, 1.54) is 38.5 Å². The summed E-state index contributed by atoms with van der Waals surface area (Å²) < 4.78 is 0. The molecule has 0 aromatic heterocycles. The molecule has 0 aromatic carbocycles. The Morgan fingerprint density at radius 3 is 2.00 bits per heavy atom. The van der Waals surface area contributed by atoms with Gasteiger partial charge in [0.1, 0.15) is 0 Å². The summed E-state index contributed by atoms with van der Waals surface area (Å²) in [5.74, 6) is 5.73. The van der Waals surface area contributed by atoms with Crippen LogP contribution in [0.25, 0.3) is 0 Å². The SMILES string of the molecule is C#CCC(N)C12CC3CC(CC(C3)C1)C2. The highest BCUT2D eigenvalue weighted by Gasteiger charge is 2.52. The summed E-state index contributed by atoms with van der Waals surface area (Å²) in [6.45, 7) is 0. The van der Waals surface area contributed by atoms with Crippen LogP contribution in [-0.2, 0) is 0 Å². The lowest BCUT2D eigenvalue weighted by molar-refractivity contribution is -0.0660. The van der Waals surface area contributed by atoms with E-state index in [1.54, 1.807) is 0 Å². The highest BCUT2D eigenvalue weighted by Crippen LogP contribution is 2.61. The third-order valence-corrected chi connectivity index (χ3v) is 5.21. The minimum absolute atomic E-state index is 0.274. The zero-order valence-corrected chi connectivity index (χ0v) is 9.41. The number of hydrogen-bond donors (Lipinski definition) is 1. The van der Waals surface area contributed by atoms with Gasteiger partial charge in [0.25, 0.3) is 0 Å². The number of hydrogen-bond acceptors (Lipinski definition) is 1. The van der Waals surface area contributed by atoms with Crippen molar-refractivity contribution in [1.29, 1.82) is 0 Å². The third kappa shape index (κ3) is 1.42. The molecule has 1 unspecified atom stereocenters. The second kappa shape index (κ2) is 3.25. The summed E-state index contributed by atoms with van der Waals surface area (Å²) in [7, 11) is 0. The molecule has 15 heavy (non-hydrogen) atoms. The van der Waals surface area contributed by atoms with Crippen molar-refractivity contribution >= 4 is 0 Å². The fourth-order valence-electron chi connectivity index (χ4n) is 4.98. The Bertz CT molecular complexity index is 264. The van der Waals surface area contributed by atoms with Gasteiger partial charge in [0.2, 0.25) is 0 Å². The smallest absolute Gasteiger partial charge is 0.0243 e. The molecule has 0 aromatic rings. The summed E-state index contributed by atoms with van der Waals surface area (Å²) in [5, 5.41) is 0. The first kappa shape index (κ1) is 9.73. The van der Waals surface area contributed by atoms with Crippen molar-refractivity contribution in [2.24, 2.45) is 28.9 Å². The number of nitrogens with two attached hydrogens (primary N) is 1. The van der Waals surface area contributed by atoms with Gasteiger partial charge in [-0.05, 0) is 61.7 Å². The molecule has 0 saturated heterocycles. The Morgan fingerprint density at radius 1 is 1.13 bits per heavy atom. The van der Waals surface area contributed by atoms with E-state index in [4.69, 9.17) is 12.2 Å². The van der Waals surface area contributed by atoms with Gasteiger partial charge in [-0.25, -0.2) is 0 Å². The highest BCUT2D eigenvalue weighted by atomic mass is 14.7. The van der Waals surface area contributed by atoms with E-state index in [0.717, 1.165) is 24.2 Å². The Hall–Kier alpha value is -0.480. The molecule has 1 nitrogen and oxygen atoms in total. The molecule has 1 atom stereocenters. The average molecular weight is 203 g/mol. The fraction of sp³-hybridized carbons (Fsp3) is 0.857. The summed E-state index contributed by atoms with van der Waals surface area (Å²) in [6.07, 6.45) is 14.8. The van der Waals surface area contributed by atoms with Crippen LogP contribution in [0.2, 0.25) is 0 Å². The number of terminal acetylenes is 1. The first-order valence-corrected chi connectivity index (χ1v) is 6.41. The molecule has 4 aliphatic rings. The molecule has 0 radical (unpaired) electrons. The maximum absolute atomic E-state index is 6.34. The van der Waals surface area contributed by atoms with E-state index in [1.807, 2.05) is 0 Å². The second-order valence-corrected chi connectivity index (χ2v) is 6.29. The predicted molar refractivity (Wildman–Crippen MR) is 62.0 cm³/mol. The maximum atomic E-state index is 6.34. The van der Waals surface area contributed by atoms with Gasteiger partial charge in [-0.1, -0.05) is 0 Å². The van der Waals surface area contributed by atoms with Crippen LogP contribution >= 0.6 is 0 Å². The van der Waals surface area contributed by atoms with Crippen LogP contribution < -0.4 is 5.73 Å². The topological polar surface area (TPSA) is 26.0 Å². The Balaban J connectivity index is 1.84. The molecule has 0 amide bonds. The van der Waals surface area contributed by atoms with Crippen molar-refractivity contribution in [3.63, 3.8) is 0 Å². The van der Waals surface area contributed by atoms with Gasteiger partial charge >= 0.3 is 0 Å². The molecular weight excluding hydrogens is 182 g/mol. The molecule has 4 rings (SSSR count). The van der Waals surface area contributed by atoms with Crippen LogP contribution in [0.3, 0.4) is 0 Å². The Labute approximate surface area is 92.8 Å². The van der Waals surface area contributed by atoms with Gasteiger partial charge in [0.15, 0.2) is 0 Å². The first-order valence-electron chi connectivity index (χ1n) is 6.41. The maximum Gasteiger partial charge on any atom is 0.0243 e. The average Bonchev–Trinajstić information content (AvgIpc) is 2.15. The van der Waals surface area contributed by atoms with Gasteiger partial charge in [0, 0.05) is 12.5 Å². The Kier molecular flexibility index (Phi) is 2.11. The third-order valence-electron chi connectivity index (χ3n) is 5.21. The lowest BCUT2D eigenvalue weighted by Gasteiger charge is -2.58. The van der Waals surface area contributed by atoms with Gasteiger partial charge in [-0.15, -0.1) is 12.3 Å². The lowest BCUT2D eigenvalue weighted by atomic mass is 9.47. The molecule has 4 bridgehead atoms. The molecule has 0 heterocycles. The van der Waals surface area contributed by atoms with E-state index < -0.39 is 0 Å². The summed E-state index contributed by atoms with van der Waals surface area (Å²) in [5.41, 5.74) is 6.79. The molecular formula is C14H21N. The monoisotopic (exact) mass is 203 g/mol. The molecule has 0 aliphatic heterocycles. The Morgan fingerprint density at radius 2 is 1.60 bits per heavy atom. The van der Waals surface area contributed by atoms with Crippen LogP contribution in [0.4, 0.5) is 0 Å². The van der Waals surface area contributed by atoms with E-state index in [2.05, 4.69) is 5.92 Å². The summed E-state index contributed by atoms with van der Waals surface area (Å²) >= 11 is 0. The van der Waals surface area contributed by atoms with Crippen molar-refractivity contribution in [3.8, 4) is 12.3 Å².